The first kappa shape index (κ1) is 13.3. The monoisotopic (exact) mass is 218 g/mol. The average Bonchev–Trinajstić information content (AvgIpc) is 2.35. The van der Waals surface area contributed by atoms with E-state index in [0.29, 0.717) is 0 Å². The maximum Gasteiger partial charge on any atom is -0.0136 e. The van der Waals surface area contributed by atoms with E-state index in [1.54, 1.807) is 0 Å². The van der Waals surface area contributed by atoms with Crippen molar-refractivity contribution in [3.63, 3.8) is 0 Å². The van der Waals surface area contributed by atoms with Crippen molar-refractivity contribution in [1.29, 1.82) is 0 Å². The van der Waals surface area contributed by atoms with Crippen LogP contribution in [-0.4, -0.2) is 0 Å². The van der Waals surface area contributed by atoms with Gasteiger partial charge in [-0.2, -0.15) is 0 Å². The molecule has 0 saturated carbocycles. The zero-order valence-corrected chi connectivity index (χ0v) is 11.1. The standard InChI is InChI=1S/C16H26/c1-4-6-8-13-16(14(3)5-2)15-11-9-7-10-12-15/h7,9-12,14,16H,4-6,8,13H2,1-3H3. The SMILES string of the molecule is CCCCCC(c1ccccc1)C(C)CC. The van der Waals surface area contributed by atoms with E-state index in [2.05, 4.69) is 51.1 Å². The molecule has 1 aromatic rings. The molecule has 0 amide bonds. The molecule has 0 aromatic heterocycles. The van der Waals surface area contributed by atoms with Crippen LogP contribution in [-0.2, 0) is 0 Å². The molecule has 0 aliphatic rings. The second-order valence-electron chi connectivity index (χ2n) is 4.90. The Bertz CT molecular complexity index is 263. The average molecular weight is 218 g/mol. The van der Waals surface area contributed by atoms with Crippen LogP contribution in [0.5, 0.6) is 0 Å². The highest BCUT2D eigenvalue weighted by Crippen LogP contribution is 2.31. The fourth-order valence-electron chi connectivity index (χ4n) is 2.38. The molecule has 1 aromatic carbocycles. The second kappa shape index (κ2) is 7.49. The first-order valence-corrected chi connectivity index (χ1v) is 6.84. The van der Waals surface area contributed by atoms with Gasteiger partial charge in [-0.15, -0.1) is 0 Å². The molecule has 0 bridgehead atoms. The van der Waals surface area contributed by atoms with Crippen molar-refractivity contribution in [1.82, 2.24) is 0 Å². The van der Waals surface area contributed by atoms with Gasteiger partial charge in [-0.25, -0.2) is 0 Å². The minimum atomic E-state index is 0.762. The number of hydrogen-bond acceptors (Lipinski definition) is 0. The fourth-order valence-corrected chi connectivity index (χ4v) is 2.38. The lowest BCUT2D eigenvalue weighted by Crippen LogP contribution is -2.09. The van der Waals surface area contributed by atoms with E-state index in [4.69, 9.17) is 0 Å². The summed E-state index contributed by atoms with van der Waals surface area (Å²) >= 11 is 0. The van der Waals surface area contributed by atoms with Gasteiger partial charge in [0.2, 0.25) is 0 Å². The second-order valence-corrected chi connectivity index (χ2v) is 4.90. The summed E-state index contributed by atoms with van der Waals surface area (Å²) < 4.78 is 0. The Morgan fingerprint density at radius 1 is 1.00 bits per heavy atom. The first-order chi connectivity index (χ1) is 7.79. The first-order valence-electron chi connectivity index (χ1n) is 6.84. The summed E-state index contributed by atoms with van der Waals surface area (Å²) in [5.41, 5.74) is 1.54. The quantitative estimate of drug-likeness (QED) is 0.538. The predicted octanol–water partition coefficient (Wildman–Crippen LogP) is 5.40. The summed E-state index contributed by atoms with van der Waals surface area (Å²) in [6, 6.07) is 11.0. The molecule has 90 valence electrons. The summed E-state index contributed by atoms with van der Waals surface area (Å²) in [5, 5.41) is 0. The Balaban J connectivity index is 2.64. The Kier molecular flexibility index (Phi) is 6.22. The maximum absolute atomic E-state index is 2.39. The molecule has 0 aliphatic carbocycles. The summed E-state index contributed by atoms with van der Waals surface area (Å²) in [5.74, 6) is 1.57. The molecule has 0 saturated heterocycles. The minimum absolute atomic E-state index is 0.762. The fraction of sp³-hybridized carbons (Fsp3) is 0.625. The van der Waals surface area contributed by atoms with Crippen molar-refractivity contribution in [3.8, 4) is 0 Å². The van der Waals surface area contributed by atoms with Crippen LogP contribution in [0.2, 0.25) is 0 Å². The van der Waals surface area contributed by atoms with Crippen LogP contribution >= 0.6 is 0 Å². The largest absolute Gasteiger partial charge is 0.0654 e. The molecule has 0 N–H and O–H groups in total. The molecule has 0 spiro atoms. The number of unbranched alkanes of at least 4 members (excludes halogenated alkanes) is 2. The Morgan fingerprint density at radius 3 is 2.25 bits per heavy atom. The molecule has 0 radical (unpaired) electrons. The van der Waals surface area contributed by atoms with Gasteiger partial charge in [0.15, 0.2) is 0 Å². The zero-order valence-electron chi connectivity index (χ0n) is 11.1. The van der Waals surface area contributed by atoms with Crippen LogP contribution < -0.4 is 0 Å². The van der Waals surface area contributed by atoms with Crippen LogP contribution in [0.15, 0.2) is 30.3 Å². The van der Waals surface area contributed by atoms with Gasteiger partial charge in [0.05, 0.1) is 0 Å². The van der Waals surface area contributed by atoms with Gasteiger partial charge in [0.25, 0.3) is 0 Å². The molecule has 1 rings (SSSR count). The summed E-state index contributed by atoms with van der Waals surface area (Å²) in [6.45, 7) is 6.98. The van der Waals surface area contributed by atoms with E-state index in [9.17, 15) is 0 Å². The van der Waals surface area contributed by atoms with Crippen LogP contribution in [0.1, 0.15) is 64.4 Å². The van der Waals surface area contributed by atoms with E-state index in [1.807, 2.05) is 0 Å². The lowest BCUT2D eigenvalue weighted by atomic mass is 9.82. The topological polar surface area (TPSA) is 0 Å². The van der Waals surface area contributed by atoms with Crippen molar-refractivity contribution in [3.05, 3.63) is 35.9 Å². The summed E-state index contributed by atoms with van der Waals surface area (Å²) in [6.07, 6.45) is 6.71. The Labute approximate surface area is 101 Å². The van der Waals surface area contributed by atoms with E-state index in [1.165, 1.54) is 37.7 Å². The molecular formula is C16H26. The number of benzene rings is 1. The van der Waals surface area contributed by atoms with Gasteiger partial charge in [0, 0.05) is 0 Å². The van der Waals surface area contributed by atoms with Crippen molar-refractivity contribution in [2.75, 3.05) is 0 Å². The predicted molar refractivity (Wildman–Crippen MR) is 72.8 cm³/mol. The van der Waals surface area contributed by atoms with Gasteiger partial charge in [-0.3, -0.25) is 0 Å². The zero-order chi connectivity index (χ0) is 11.8. The molecule has 0 aliphatic heterocycles. The third-order valence-corrected chi connectivity index (χ3v) is 3.68. The van der Waals surface area contributed by atoms with Crippen LogP contribution in [0.3, 0.4) is 0 Å². The number of hydrogen-bond donors (Lipinski definition) is 0. The molecule has 0 nitrogen and oxygen atoms in total. The molecular weight excluding hydrogens is 192 g/mol. The number of rotatable bonds is 7. The molecule has 2 unspecified atom stereocenters. The van der Waals surface area contributed by atoms with Crippen molar-refractivity contribution in [2.45, 2.75) is 58.8 Å². The minimum Gasteiger partial charge on any atom is -0.0654 e. The Morgan fingerprint density at radius 2 is 1.69 bits per heavy atom. The van der Waals surface area contributed by atoms with Crippen molar-refractivity contribution in [2.24, 2.45) is 5.92 Å². The van der Waals surface area contributed by atoms with E-state index in [0.717, 1.165) is 11.8 Å². The summed E-state index contributed by atoms with van der Waals surface area (Å²) in [4.78, 5) is 0. The highest BCUT2D eigenvalue weighted by atomic mass is 14.2. The van der Waals surface area contributed by atoms with Gasteiger partial charge in [0.1, 0.15) is 0 Å². The van der Waals surface area contributed by atoms with Crippen LogP contribution in [0.4, 0.5) is 0 Å². The maximum atomic E-state index is 2.39. The third-order valence-electron chi connectivity index (χ3n) is 3.68. The van der Waals surface area contributed by atoms with Crippen molar-refractivity contribution < 1.29 is 0 Å². The highest BCUT2D eigenvalue weighted by Gasteiger charge is 2.16. The van der Waals surface area contributed by atoms with Gasteiger partial charge < -0.3 is 0 Å². The molecule has 2 atom stereocenters. The third kappa shape index (κ3) is 4.00. The van der Waals surface area contributed by atoms with Gasteiger partial charge >= 0.3 is 0 Å². The smallest absolute Gasteiger partial charge is 0.0136 e. The van der Waals surface area contributed by atoms with Crippen LogP contribution in [0, 0.1) is 5.92 Å². The van der Waals surface area contributed by atoms with Gasteiger partial charge in [-0.05, 0) is 23.8 Å². The van der Waals surface area contributed by atoms with Crippen molar-refractivity contribution >= 4 is 0 Å². The van der Waals surface area contributed by atoms with E-state index < -0.39 is 0 Å². The van der Waals surface area contributed by atoms with E-state index >= 15 is 0 Å². The van der Waals surface area contributed by atoms with Crippen LogP contribution in [0.25, 0.3) is 0 Å². The van der Waals surface area contributed by atoms with E-state index in [-0.39, 0.29) is 0 Å². The molecule has 0 fully saturated rings. The lowest BCUT2D eigenvalue weighted by molar-refractivity contribution is 0.408. The highest BCUT2D eigenvalue weighted by molar-refractivity contribution is 5.20. The summed E-state index contributed by atoms with van der Waals surface area (Å²) in [7, 11) is 0. The molecule has 0 heteroatoms. The molecule has 16 heavy (non-hydrogen) atoms. The lowest BCUT2D eigenvalue weighted by Gasteiger charge is -2.23. The normalized spacial score (nSPS) is 14.7. The van der Waals surface area contributed by atoms with Gasteiger partial charge in [-0.1, -0.05) is 76.8 Å². The Hall–Kier alpha value is -0.780. The molecule has 0 heterocycles.